The Morgan fingerprint density at radius 1 is 1.00 bits per heavy atom. The Morgan fingerprint density at radius 2 is 1.54 bits per heavy atom. The molecule has 198 valence electrons. The normalized spacial score (nSPS) is 20.3. The Hall–Kier alpha value is -3.00. The third-order valence-electron chi connectivity index (χ3n) is 7.12. The maximum Gasteiger partial charge on any atom is 0.407 e. The van der Waals surface area contributed by atoms with Crippen LogP contribution in [0.1, 0.15) is 65.0 Å². The lowest BCUT2D eigenvalue weighted by Gasteiger charge is -2.36. The summed E-state index contributed by atoms with van der Waals surface area (Å²) in [5.41, 5.74) is 4.48. The van der Waals surface area contributed by atoms with Crippen molar-refractivity contribution >= 4 is 29.7 Å². The van der Waals surface area contributed by atoms with Crippen LogP contribution in [0, 0.1) is 5.92 Å². The number of hydrogen-bond donors (Lipinski definition) is 2. The molecule has 2 aromatic carbocycles. The van der Waals surface area contributed by atoms with E-state index in [1.807, 2.05) is 77.9 Å². The number of benzene rings is 2. The fourth-order valence-corrected chi connectivity index (χ4v) is 7.71. The average molecular weight is 525 g/mol. The number of carboxylic acid groups (broad SMARTS) is 1. The topological polar surface area (TPSA) is 95.9 Å². The van der Waals surface area contributed by atoms with Gasteiger partial charge < -0.3 is 20.1 Å². The zero-order valence-corrected chi connectivity index (χ0v) is 23.1. The van der Waals surface area contributed by atoms with Crippen LogP contribution in [0.4, 0.5) is 4.79 Å². The van der Waals surface area contributed by atoms with Gasteiger partial charge in [-0.1, -0.05) is 62.4 Å². The van der Waals surface area contributed by atoms with Crippen molar-refractivity contribution in [3.63, 3.8) is 0 Å². The lowest BCUT2D eigenvalue weighted by atomic mass is 9.97. The van der Waals surface area contributed by atoms with Crippen LogP contribution in [-0.2, 0) is 14.3 Å². The van der Waals surface area contributed by atoms with E-state index >= 15 is 0 Å². The molecule has 0 aromatic heterocycles. The van der Waals surface area contributed by atoms with Crippen molar-refractivity contribution in [1.82, 2.24) is 10.2 Å². The number of carbonyl (C=O) groups is 3. The first-order valence-electron chi connectivity index (χ1n) is 12.7. The number of nitrogens with one attached hydrogen (secondary N) is 1. The minimum absolute atomic E-state index is 0.0940. The largest absolute Gasteiger partial charge is 0.480 e. The standard InChI is InChI=1S/C29H36N2O5S/c1-17(2)15-23(25(32)31-24(26(33)34)28(3,4)37-29(31,5)6)30-27(35)36-16-22-20-13-9-7-11-18(20)19-12-8-10-14-21(19)22/h7-14,17,22-24H,15-16H2,1-6H3,(H,30,35)(H,33,34)/t23-,24+/m0/s1. The summed E-state index contributed by atoms with van der Waals surface area (Å²) in [6.45, 7) is 11.4. The first kappa shape index (κ1) is 27.0. The van der Waals surface area contributed by atoms with Gasteiger partial charge in [-0.15, -0.1) is 11.8 Å². The summed E-state index contributed by atoms with van der Waals surface area (Å²) >= 11 is 1.45. The molecule has 4 rings (SSSR count). The molecule has 0 saturated carbocycles. The summed E-state index contributed by atoms with van der Waals surface area (Å²) in [6.07, 6.45) is -0.316. The molecule has 1 aliphatic carbocycles. The highest BCUT2D eigenvalue weighted by Gasteiger charge is 2.58. The molecular weight excluding hydrogens is 488 g/mol. The Kier molecular flexibility index (Phi) is 7.34. The van der Waals surface area contributed by atoms with Crippen molar-refractivity contribution in [3.8, 4) is 11.1 Å². The quantitative estimate of drug-likeness (QED) is 0.498. The summed E-state index contributed by atoms with van der Waals surface area (Å²) in [5, 5.41) is 12.8. The zero-order chi connectivity index (χ0) is 27.1. The number of fused-ring (bicyclic) bond motifs is 3. The molecule has 7 nitrogen and oxygen atoms in total. The Morgan fingerprint density at radius 3 is 2.05 bits per heavy atom. The zero-order valence-electron chi connectivity index (χ0n) is 22.3. The van der Waals surface area contributed by atoms with Gasteiger partial charge in [0, 0.05) is 10.7 Å². The molecule has 2 amide bonds. The molecule has 2 aliphatic rings. The Balaban J connectivity index is 1.51. The highest BCUT2D eigenvalue weighted by molar-refractivity contribution is 8.02. The predicted molar refractivity (Wildman–Crippen MR) is 145 cm³/mol. The van der Waals surface area contributed by atoms with E-state index in [0.717, 1.165) is 22.3 Å². The van der Waals surface area contributed by atoms with Gasteiger partial charge in [0.15, 0.2) is 0 Å². The first-order chi connectivity index (χ1) is 17.3. The van der Waals surface area contributed by atoms with E-state index in [-0.39, 0.29) is 18.4 Å². The fraction of sp³-hybridized carbons (Fsp3) is 0.483. The number of carbonyl (C=O) groups excluding carboxylic acids is 2. The number of ether oxygens (including phenoxy) is 1. The van der Waals surface area contributed by atoms with Crippen molar-refractivity contribution < 1.29 is 24.2 Å². The second kappa shape index (κ2) is 10.0. The monoisotopic (exact) mass is 524 g/mol. The predicted octanol–water partition coefficient (Wildman–Crippen LogP) is 5.48. The second-order valence-corrected chi connectivity index (χ2v) is 13.5. The minimum atomic E-state index is -1.05. The minimum Gasteiger partial charge on any atom is -0.480 e. The molecule has 0 spiro atoms. The molecule has 37 heavy (non-hydrogen) atoms. The lowest BCUT2D eigenvalue weighted by molar-refractivity contribution is -0.153. The number of rotatable bonds is 7. The van der Waals surface area contributed by atoms with Gasteiger partial charge in [0.05, 0.1) is 4.87 Å². The number of amides is 2. The number of carboxylic acids is 1. The molecule has 2 aromatic rings. The average Bonchev–Trinajstić information content (AvgIpc) is 3.23. The Labute approximate surface area is 223 Å². The number of nitrogens with zero attached hydrogens (tertiary/aromatic N) is 1. The van der Waals surface area contributed by atoms with E-state index in [4.69, 9.17) is 4.74 Å². The molecule has 8 heteroatoms. The molecule has 2 N–H and O–H groups in total. The van der Waals surface area contributed by atoms with Crippen molar-refractivity contribution in [1.29, 1.82) is 0 Å². The summed E-state index contributed by atoms with van der Waals surface area (Å²) in [5.74, 6) is -1.46. The fourth-order valence-electron chi connectivity index (χ4n) is 5.81. The van der Waals surface area contributed by atoms with E-state index < -0.39 is 39.7 Å². The van der Waals surface area contributed by atoms with Gasteiger partial charge in [0.25, 0.3) is 0 Å². The van der Waals surface area contributed by atoms with Crippen LogP contribution >= 0.6 is 11.8 Å². The molecular formula is C29H36N2O5S. The summed E-state index contributed by atoms with van der Waals surface area (Å²) in [6, 6.07) is 14.3. The second-order valence-electron chi connectivity index (χ2n) is 11.3. The van der Waals surface area contributed by atoms with Gasteiger partial charge in [0.2, 0.25) is 5.91 Å². The van der Waals surface area contributed by atoms with Crippen LogP contribution in [0.3, 0.4) is 0 Å². The van der Waals surface area contributed by atoms with E-state index in [0.29, 0.717) is 6.42 Å². The van der Waals surface area contributed by atoms with Crippen LogP contribution < -0.4 is 5.32 Å². The molecule has 1 heterocycles. The smallest absolute Gasteiger partial charge is 0.407 e. The van der Waals surface area contributed by atoms with Crippen LogP contribution in [0.25, 0.3) is 11.1 Å². The van der Waals surface area contributed by atoms with E-state index in [2.05, 4.69) is 17.4 Å². The highest BCUT2D eigenvalue weighted by atomic mass is 32.2. The summed E-state index contributed by atoms with van der Waals surface area (Å²) in [7, 11) is 0. The molecule has 1 aliphatic heterocycles. The number of thioether (sulfide) groups is 1. The van der Waals surface area contributed by atoms with Crippen molar-refractivity contribution in [2.75, 3.05) is 6.61 Å². The molecule has 0 radical (unpaired) electrons. The van der Waals surface area contributed by atoms with Crippen LogP contribution in [-0.4, -0.2) is 56.3 Å². The Bertz CT molecular complexity index is 1160. The summed E-state index contributed by atoms with van der Waals surface area (Å²) in [4.78, 5) is 39.7. The van der Waals surface area contributed by atoms with Crippen molar-refractivity contribution in [2.45, 2.75) is 75.6 Å². The van der Waals surface area contributed by atoms with Crippen LogP contribution in [0.15, 0.2) is 48.5 Å². The number of aliphatic carboxylic acids is 1. The molecule has 1 saturated heterocycles. The SMILES string of the molecule is CC(C)C[C@H](NC(=O)OCC1c2ccccc2-c2ccccc21)C(=O)N1[C@H](C(=O)O)C(C)(C)SC1(C)C. The maximum absolute atomic E-state index is 13.8. The summed E-state index contributed by atoms with van der Waals surface area (Å²) < 4.78 is 5.01. The molecule has 1 fully saturated rings. The van der Waals surface area contributed by atoms with Crippen LogP contribution in [0.5, 0.6) is 0 Å². The van der Waals surface area contributed by atoms with Crippen molar-refractivity contribution in [3.05, 3.63) is 59.7 Å². The lowest BCUT2D eigenvalue weighted by Crippen LogP contribution is -2.59. The number of alkyl carbamates (subject to hydrolysis) is 1. The van der Waals surface area contributed by atoms with E-state index in [9.17, 15) is 19.5 Å². The van der Waals surface area contributed by atoms with E-state index in [1.165, 1.54) is 16.7 Å². The van der Waals surface area contributed by atoms with E-state index in [1.54, 1.807) is 0 Å². The molecule has 0 bridgehead atoms. The van der Waals surface area contributed by atoms with Gasteiger partial charge in [-0.3, -0.25) is 4.79 Å². The first-order valence-corrected chi connectivity index (χ1v) is 13.5. The van der Waals surface area contributed by atoms with Gasteiger partial charge in [-0.05, 0) is 62.3 Å². The third-order valence-corrected chi connectivity index (χ3v) is 8.57. The maximum atomic E-state index is 13.8. The molecule has 2 atom stereocenters. The molecule has 0 unspecified atom stereocenters. The van der Waals surface area contributed by atoms with Gasteiger partial charge in [-0.25, -0.2) is 9.59 Å². The van der Waals surface area contributed by atoms with Crippen molar-refractivity contribution in [2.24, 2.45) is 5.92 Å². The highest BCUT2D eigenvalue weighted by Crippen LogP contribution is 2.51. The number of hydrogen-bond acceptors (Lipinski definition) is 5. The van der Waals surface area contributed by atoms with Gasteiger partial charge in [0.1, 0.15) is 18.7 Å². The van der Waals surface area contributed by atoms with Crippen LogP contribution in [0.2, 0.25) is 0 Å². The van der Waals surface area contributed by atoms with Gasteiger partial charge >= 0.3 is 12.1 Å². The van der Waals surface area contributed by atoms with Gasteiger partial charge in [-0.2, -0.15) is 0 Å². The third kappa shape index (κ3) is 5.21.